The largest absolute Gasteiger partial charge is 0.396 e. The minimum atomic E-state index is -2.05. The van der Waals surface area contributed by atoms with E-state index in [-0.39, 0.29) is 13.0 Å². The Labute approximate surface area is 80.3 Å². The van der Waals surface area contributed by atoms with Gasteiger partial charge in [0, 0.05) is 6.61 Å². The third-order valence-electron chi connectivity index (χ3n) is 1.41. The average molecular weight is 219 g/mol. The molecule has 0 aliphatic carbocycles. The second-order valence-electron chi connectivity index (χ2n) is 2.46. The maximum absolute atomic E-state index is 9.14. The van der Waals surface area contributed by atoms with E-state index in [1.165, 1.54) is 0 Å². The summed E-state index contributed by atoms with van der Waals surface area (Å²) in [5.74, 6) is 0. The van der Waals surface area contributed by atoms with Crippen molar-refractivity contribution in [2.75, 3.05) is 13.2 Å². The Morgan fingerprint density at radius 2 is 1.83 bits per heavy atom. The van der Waals surface area contributed by atoms with Gasteiger partial charge in [0.25, 0.3) is 0 Å². The lowest BCUT2D eigenvalue weighted by Gasteiger charge is -2.27. The molecule has 4 N–H and O–H groups in total. The van der Waals surface area contributed by atoms with Crippen LogP contribution in [0.4, 0.5) is 0 Å². The summed E-state index contributed by atoms with van der Waals surface area (Å²) >= 11 is 10.8. The first-order valence-electron chi connectivity index (χ1n) is 3.41. The second-order valence-corrected chi connectivity index (χ2v) is 3.58. The van der Waals surface area contributed by atoms with Crippen LogP contribution in [0.5, 0.6) is 0 Å². The Morgan fingerprint density at radius 1 is 1.33 bits per heavy atom. The molecule has 74 valence electrons. The van der Waals surface area contributed by atoms with Crippen molar-refractivity contribution in [3.05, 3.63) is 0 Å². The number of hydrogen-bond donors (Lipinski definition) is 4. The molecule has 0 spiro atoms. The smallest absolute Gasteiger partial charge is 0.180 e. The minimum Gasteiger partial charge on any atom is -0.396 e. The van der Waals surface area contributed by atoms with Crippen LogP contribution in [0, 0.1) is 0 Å². The maximum Gasteiger partial charge on any atom is 0.180 e. The third-order valence-corrected chi connectivity index (χ3v) is 2.53. The fourth-order valence-corrected chi connectivity index (χ4v) is 1.00. The molecule has 6 heteroatoms. The summed E-state index contributed by atoms with van der Waals surface area (Å²) in [6.07, 6.45) is -1.14. The summed E-state index contributed by atoms with van der Waals surface area (Å²) in [5, 5.41) is 32.0. The van der Waals surface area contributed by atoms with Gasteiger partial charge < -0.3 is 20.4 Å². The Kier molecular flexibility index (Phi) is 5.40. The second kappa shape index (κ2) is 5.21. The van der Waals surface area contributed by atoms with Crippen LogP contribution in [0.3, 0.4) is 0 Å². The van der Waals surface area contributed by atoms with Crippen LogP contribution in [0.1, 0.15) is 6.42 Å². The molecule has 0 aromatic rings. The van der Waals surface area contributed by atoms with Gasteiger partial charge in [0.2, 0.25) is 0 Å². The van der Waals surface area contributed by atoms with E-state index < -0.39 is 23.1 Å². The SMILES string of the molecule is OCCC(O)C(Cl)C(O)(Cl)CO. The number of hydrogen-bond acceptors (Lipinski definition) is 4. The number of rotatable bonds is 5. The third kappa shape index (κ3) is 3.43. The Bertz CT molecular complexity index is 131. The van der Waals surface area contributed by atoms with Gasteiger partial charge in [-0.05, 0) is 6.42 Å². The number of alkyl halides is 2. The monoisotopic (exact) mass is 218 g/mol. The van der Waals surface area contributed by atoms with Gasteiger partial charge in [-0.3, -0.25) is 0 Å². The first-order chi connectivity index (χ1) is 5.45. The molecular formula is C6H12Cl2O4. The van der Waals surface area contributed by atoms with Crippen molar-refractivity contribution in [2.24, 2.45) is 0 Å². The Balaban J connectivity index is 4.07. The van der Waals surface area contributed by atoms with E-state index in [0.29, 0.717) is 0 Å². The molecule has 12 heavy (non-hydrogen) atoms. The quantitative estimate of drug-likeness (QED) is 0.459. The Hall–Kier alpha value is 0.420. The van der Waals surface area contributed by atoms with Gasteiger partial charge >= 0.3 is 0 Å². The fourth-order valence-electron chi connectivity index (χ4n) is 0.661. The standard InChI is InChI=1S/C6H12Cl2O4/c7-5(4(11)1-2-9)6(8,12)3-10/h4-5,9-12H,1-3H2. The molecule has 0 aromatic carbocycles. The molecule has 0 aliphatic heterocycles. The van der Waals surface area contributed by atoms with Gasteiger partial charge in [-0.15, -0.1) is 11.6 Å². The number of aliphatic hydroxyl groups excluding tert-OH is 3. The molecule has 0 amide bonds. The lowest BCUT2D eigenvalue weighted by Crippen LogP contribution is -2.44. The molecule has 3 atom stereocenters. The van der Waals surface area contributed by atoms with Gasteiger partial charge in [-0.1, -0.05) is 11.6 Å². The summed E-state index contributed by atoms with van der Waals surface area (Å²) in [7, 11) is 0. The topological polar surface area (TPSA) is 80.9 Å². The van der Waals surface area contributed by atoms with E-state index in [4.69, 9.17) is 43.6 Å². The summed E-state index contributed by atoms with van der Waals surface area (Å²) in [4.78, 5) is 0. The molecule has 0 aromatic heterocycles. The van der Waals surface area contributed by atoms with Crippen LogP contribution in [0.2, 0.25) is 0 Å². The van der Waals surface area contributed by atoms with Crippen molar-refractivity contribution < 1.29 is 20.4 Å². The summed E-state index contributed by atoms with van der Waals surface area (Å²) in [6.45, 7) is -1.02. The van der Waals surface area contributed by atoms with Crippen LogP contribution in [-0.2, 0) is 0 Å². The summed E-state index contributed by atoms with van der Waals surface area (Å²) in [5.41, 5.74) is 0. The first kappa shape index (κ1) is 12.4. The van der Waals surface area contributed by atoms with Gasteiger partial charge in [-0.25, -0.2) is 0 Å². The van der Waals surface area contributed by atoms with Gasteiger partial charge in [0.15, 0.2) is 5.06 Å². The van der Waals surface area contributed by atoms with E-state index >= 15 is 0 Å². The predicted octanol–water partition coefficient (Wildman–Crippen LogP) is -0.743. The molecule has 0 radical (unpaired) electrons. The highest BCUT2D eigenvalue weighted by atomic mass is 35.5. The zero-order chi connectivity index (χ0) is 9.78. The van der Waals surface area contributed by atoms with E-state index in [1.54, 1.807) is 0 Å². The van der Waals surface area contributed by atoms with Crippen LogP contribution >= 0.6 is 23.2 Å². The number of aliphatic hydroxyl groups is 4. The van der Waals surface area contributed by atoms with E-state index in [2.05, 4.69) is 0 Å². The highest BCUT2D eigenvalue weighted by Gasteiger charge is 2.37. The van der Waals surface area contributed by atoms with E-state index in [1.807, 2.05) is 0 Å². The summed E-state index contributed by atoms with van der Waals surface area (Å²) in [6, 6.07) is 0. The molecule has 0 heterocycles. The van der Waals surface area contributed by atoms with Gasteiger partial charge in [0.05, 0.1) is 12.7 Å². The van der Waals surface area contributed by atoms with Crippen LogP contribution in [0.15, 0.2) is 0 Å². The van der Waals surface area contributed by atoms with Crippen molar-refractivity contribution in [1.82, 2.24) is 0 Å². The lowest BCUT2D eigenvalue weighted by atomic mass is 10.1. The minimum absolute atomic E-state index is 0.00317. The molecule has 0 saturated heterocycles. The highest BCUT2D eigenvalue weighted by Crippen LogP contribution is 2.24. The molecule has 0 saturated carbocycles. The van der Waals surface area contributed by atoms with Crippen molar-refractivity contribution in [2.45, 2.75) is 23.0 Å². The molecule has 0 fully saturated rings. The van der Waals surface area contributed by atoms with E-state index in [0.717, 1.165) is 0 Å². The van der Waals surface area contributed by atoms with Crippen molar-refractivity contribution in [3.63, 3.8) is 0 Å². The molecule has 0 aliphatic rings. The zero-order valence-corrected chi connectivity index (χ0v) is 7.83. The van der Waals surface area contributed by atoms with Crippen molar-refractivity contribution in [1.29, 1.82) is 0 Å². The lowest BCUT2D eigenvalue weighted by molar-refractivity contribution is 0.00947. The van der Waals surface area contributed by atoms with Gasteiger partial charge in [0.1, 0.15) is 5.38 Å². The average Bonchev–Trinajstić information content (AvgIpc) is 2.03. The molecule has 0 rings (SSSR count). The highest BCUT2D eigenvalue weighted by molar-refractivity contribution is 6.31. The van der Waals surface area contributed by atoms with Crippen molar-refractivity contribution >= 4 is 23.2 Å². The molecular weight excluding hydrogens is 207 g/mol. The Morgan fingerprint density at radius 3 is 2.17 bits per heavy atom. The molecule has 4 nitrogen and oxygen atoms in total. The molecule has 0 bridgehead atoms. The van der Waals surface area contributed by atoms with E-state index in [9.17, 15) is 0 Å². The van der Waals surface area contributed by atoms with Crippen molar-refractivity contribution in [3.8, 4) is 0 Å². The molecule has 3 unspecified atom stereocenters. The van der Waals surface area contributed by atoms with Crippen LogP contribution in [0.25, 0.3) is 0 Å². The summed E-state index contributed by atoms with van der Waals surface area (Å²) < 4.78 is 0. The fraction of sp³-hybridized carbons (Fsp3) is 1.00. The normalized spacial score (nSPS) is 21.5. The predicted molar refractivity (Wildman–Crippen MR) is 45.2 cm³/mol. The number of halogens is 2. The maximum atomic E-state index is 9.14. The van der Waals surface area contributed by atoms with Gasteiger partial charge in [-0.2, -0.15) is 0 Å². The first-order valence-corrected chi connectivity index (χ1v) is 4.22. The van der Waals surface area contributed by atoms with Crippen LogP contribution in [-0.4, -0.2) is 50.2 Å². The van der Waals surface area contributed by atoms with Crippen LogP contribution < -0.4 is 0 Å². The zero-order valence-electron chi connectivity index (χ0n) is 6.32.